The topological polar surface area (TPSA) is 42.2 Å². The van der Waals surface area contributed by atoms with Gasteiger partial charge in [0, 0.05) is 17.6 Å². The molecule has 0 bridgehead atoms. The van der Waals surface area contributed by atoms with E-state index in [4.69, 9.17) is 5.73 Å². The van der Waals surface area contributed by atoms with Gasteiger partial charge in [-0.15, -0.1) is 11.3 Å². The summed E-state index contributed by atoms with van der Waals surface area (Å²) in [4.78, 5) is 7.93. The Hall–Kier alpha value is -1.55. The van der Waals surface area contributed by atoms with Crippen molar-refractivity contribution in [3.8, 4) is 0 Å². The summed E-state index contributed by atoms with van der Waals surface area (Å²) in [6, 6.07) is 6.15. The summed E-state index contributed by atoms with van der Waals surface area (Å²) in [5.41, 5.74) is 7.95. The van der Waals surface area contributed by atoms with Gasteiger partial charge in [-0.25, -0.2) is 4.98 Å². The molecule has 0 amide bonds. The van der Waals surface area contributed by atoms with Crippen molar-refractivity contribution in [1.29, 1.82) is 0 Å². The Morgan fingerprint density at radius 3 is 2.88 bits per heavy atom. The molecule has 0 radical (unpaired) electrons. The van der Waals surface area contributed by atoms with E-state index >= 15 is 0 Å². The maximum absolute atomic E-state index is 6.09. The van der Waals surface area contributed by atoms with Crippen LogP contribution in [-0.2, 0) is 6.54 Å². The van der Waals surface area contributed by atoms with Crippen LogP contribution in [0.15, 0.2) is 29.8 Å². The molecule has 0 fully saturated rings. The summed E-state index contributed by atoms with van der Waals surface area (Å²) >= 11 is 1.76. The van der Waals surface area contributed by atoms with E-state index in [1.165, 1.54) is 4.88 Å². The van der Waals surface area contributed by atoms with Crippen molar-refractivity contribution < 1.29 is 0 Å². The van der Waals surface area contributed by atoms with E-state index in [0.717, 1.165) is 30.2 Å². The molecular weight excluding hydrogens is 230 g/mol. The van der Waals surface area contributed by atoms with Gasteiger partial charge in [-0.2, -0.15) is 0 Å². The van der Waals surface area contributed by atoms with E-state index in [-0.39, 0.29) is 0 Å². The number of nitrogens with zero attached hydrogens (tertiary/aromatic N) is 2. The van der Waals surface area contributed by atoms with Crippen LogP contribution in [0.2, 0.25) is 0 Å². The van der Waals surface area contributed by atoms with E-state index in [0.29, 0.717) is 0 Å². The predicted molar refractivity (Wildman–Crippen MR) is 74.4 cm³/mol. The number of nitrogen functional groups attached to an aromatic ring is 1. The predicted octanol–water partition coefficient (Wildman–Crippen LogP) is 3.06. The lowest BCUT2D eigenvalue weighted by molar-refractivity contribution is 0.824. The van der Waals surface area contributed by atoms with Crippen LogP contribution in [0.4, 0.5) is 11.5 Å². The van der Waals surface area contributed by atoms with Crippen molar-refractivity contribution in [3.63, 3.8) is 0 Å². The second-order valence-electron chi connectivity index (χ2n) is 3.96. The molecule has 0 aromatic carbocycles. The second-order valence-corrected chi connectivity index (χ2v) is 4.99. The molecule has 0 saturated heterocycles. The van der Waals surface area contributed by atoms with Gasteiger partial charge in [0.1, 0.15) is 0 Å². The Labute approximate surface area is 106 Å². The average molecular weight is 247 g/mol. The minimum Gasteiger partial charge on any atom is -0.396 e. The van der Waals surface area contributed by atoms with Gasteiger partial charge < -0.3 is 10.6 Å². The molecule has 0 aliphatic rings. The monoisotopic (exact) mass is 247 g/mol. The third kappa shape index (κ3) is 2.58. The summed E-state index contributed by atoms with van der Waals surface area (Å²) in [6.45, 7) is 5.91. The van der Waals surface area contributed by atoms with Gasteiger partial charge in [0.05, 0.1) is 12.2 Å². The number of thiophene rings is 1. The molecule has 0 aliphatic carbocycles. The molecule has 0 spiro atoms. The molecule has 3 nitrogen and oxygen atoms in total. The molecule has 90 valence electrons. The van der Waals surface area contributed by atoms with Crippen LogP contribution >= 0.6 is 11.3 Å². The van der Waals surface area contributed by atoms with E-state index in [9.17, 15) is 0 Å². The summed E-state index contributed by atoms with van der Waals surface area (Å²) < 4.78 is 0. The van der Waals surface area contributed by atoms with Gasteiger partial charge in [-0.3, -0.25) is 0 Å². The SMILES string of the molecule is CCN(Cc1cccs1)c1nccc(C)c1N. The molecule has 4 heteroatoms. The fourth-order valence-electron chi connectivity index (χ4n) is 1.73. The lowest BCUT2D eigenvalue weighted by atomic mass is 10.2. The van der Waals surface area contributed by atoms with Crippen LogP contribution in [0.3, 0.4) is 0 Å². The van der Waals surface area contributed by atoms with E-state index in [1.807, 2.05) is 19.2 Å². The maximum atomic E-state index is 6.09. The zero-order valence-corrected chi connectivity index (χ0v) is 11.0. The quantitative estimate of drug-likeness (QED) is 0.903. The van der Waals surface area contributed by atoms with Crippen LogP contribution in [0, 0.1) is 6.92 Å². The minimum atomic E-state index is 0.783. The van der Waals surface area contributed by atoms with Gasteiger partial charge in [0.25, 0.3) is 0 Å². The molecule has 2 heterocycles. The standard InChI is InChI=1S/C13H17N3S/c1-3-16(9-11-5-4-8-17-11)13-12(14)10(2)6-7-15-13/h4-8H,3,9,14H2,1-2H3. The maximum Gasteiger partial charge on any atom is 0.152 e. The first-order valence-corrected chi connectivity index (χ1v) is 6.58. The highest BCUT2D eigenvalue weighted by Crippen LogP contribution is 2.25. The Morgan fingerprint density at radius 2 is 2.24 bits per heavy atom. The highest BCUT2D eigenvalue weighted by molar-refractivity contribution is 7.09. The first-order valence-electron chi connectivity index (χ1n) is 5.70. The van der Waals surface area contributed by atoms with Crippen molar-refractivity contribution in [3.05, 3.63) is 40.2 Å². The van der Waals surface area contributed by atoms with Crippen LogP contribution in [0.1, 0.15) is 17.4 Å². The number of nitrogens with two attached hydrogens (primary N) is 1. The molecular formula is C13H17N3S. The van der Waals surface area contributed by atoms with Crippen molar-refractivity contribution in [2.75, 3.05) is 17.2 Å². The van der Waals surface area contributed by atoms with E-state index in [2.05, 4.69) is 34.3 Å². The first-order chi connectivity index (χ1) is 8.22. The summed E-state index contributed by atoms with van der Waals surface area (Å²) in [5.74, 6) is 0.890. The molecule has 2 N–H and O–H groups in total. The number of rotatable bonds is 4. The fourth-order valence-corrected chi connectivity index (χ4v) is 2.45. The van der Waals surface area contributed by atoms with Crippen LogP contribution < -0.4 is 10.6 Å². The molecule has 17 heavy (non-hydrogen) atoms. The van der Waals surface area contributed by atoms with Crippen LogP contribution in [0.25, 0.3) is 0 Å². The lowest BCUT2D eigenvalue weighted by Gasteiger charge is -2.23. The smallest absolute Gasteiger partial charge is 0.152 e. The van der Waals surface area contributed by atoms with Gasteiger partial charge in [-0.05, 0) is 36.9 Å². The molecule has 2 aromatic rings. The molecule has 0 unspecified atom stereocenters. The zero-order chi connectivity index (χ0) is 12.3. The van der Waals surface area contributed by atoms with Crippen molar-refractivity contribution >= 4 is 22.8 Å². The number of hydrogen-bond acceptors (Lipinski definition) is 4. The first kappa shape index (κ1) is 11.9. The van der Waals surface area contributed by atoms with E-state index in [1.54, 1.807) is 11.3 Å². The highest BCUT2D eigenvalue weighted by atomic mass is 32.1. The van der Waals surface area contributed by atoms with Crippen molar-refractivity contribution in [2.24, 2.45) is 0 Å². The summed E-state index contributed by atoms with van der Waals surface area (Å²) in [5, 5.41) is 2.09. The Balaban J connectivity index is 2.26. The average Bonchev–Trinajstić information content (AvgIpc) is 2.83. The molecule has 2 rings (SSSR count). The molecule has 0 atom stereocenters. The number of hydrogen-bond donors (Lipinski definition) is 1. The Morgan fingerprint density at radius 1 is 1.41 bits per heavy atom. The third-order valence-corrected chi connectivity index (χ3v) is 3.66. The number of aryl methyl sites for hydroxylation is 1. The highest BCUT2D eigenvalue weighted by Gasteiger charge is 2.11. The fraction of sp³-hybridized carbons (Fsp3) is 0.308. The summed E-state index contributed by atoms with van der Waals surface area (Å²) in [6.07, 6.45) is 1.82. The van der Waals surface area contributed by atoms with Gasteiger partial charge in [0.2, 0.25) is 0 Å². The zero-order valence-electron chi connectivity index (χ0n) is 10.2. The number of aromatic nitrogens is 1. The number of pyridine rings is 1. The normalized spacial score (nSPS) is 10.5. The Kier molecular flexibility index (Phi) is 3.64. The van der Waals surface area contributed by atoms with Crippen LogP contribution in [-0.4, -0.2) is 11.5 Å². The minimum absolute atomic E-state index is 0.783. The third-order valence-electron chi connectivity index (χ3n) is 2.80. The van der Waals surface area contributed by atoms with Crippen molar-refractivity contribution in [1.82, 2.24) is 4.98 Å². The van der Waals surface area contributed by atoms with Crippen molar-refractivity contribution in [2.45, 2.75) is 20.4 Å². The molecule has 0 aliphatic heterocycles. The van der Waals surface area contributed by atoms with Gasteiger partial charge in [0.15, 0.2) is 5.82 Å². The van der Waals surface area contributed by atoms with Gasteiger partial charge >= 0.3 is 0 Å². The van der Waals surface area contributed by atoms with Gasteiger partial charge in [-0.1, -0.05) is 6.07 Å². The lowest BCUT2D eigenvalue weighted by Crippen LogP contribution is -2.24. The second kappa shape index (κ2) is 5.19. The Bertz CT molecular complexity index is 479. The molecule has 0 saturated carbocycles. The largest absolute Gasteiger partial charge is 0.396 e. The molecule has 2 aromatic heterocycles. The number of anilines is 2. The van der Waals surface area contributed by atoms with E-state index < -0.39 is 0 Å². The summed E-state index contributed by atoms with van der Waals surface area (Å²) in [7, 11) is 0. The van der Waals surface area contributed by atoms with Crippen LogP contribution in [0.5, 0.6) is 0 Å².